The summed E-state index contributed by atoms with van der Waals surface area (Å²) < 4.78 is 0. The molecule has 0 atom stereocenters. The normalized spacial score (nSPS) is 20.0. The Kier molecular flexibility index (Phi) is 9.23. The molecule has 0 aromatic carbocycles. The predicted molar refractivity (Wildman–Crippen MR) is 81.5 cm³/mol. The van der Waals surface area contributed by atoms with Crippen LogP contribution in [-0.4, -0.2) is 81.3 Å². The third kappa shape index (κ3) is 8.20. The molecule has 3 N–H and O–H groups in total. The lowest BCUT2D eigenvalue weighted by molar-refractivity contribution is -0.345. The van der Waals surface area contributed by atoms with Gasteiger partial charge in [-0.1, -0.05) is 30.9 Å². The van der Waals surface area contributed by atoms with E-state index in [9.17, 15) is 14.4 Å². The number of hydrazine groups is 2. The number of hydrogen-bond acceptors (Lipinski definition) is 7. The maximum absolute atomic E-state index is 11.2. The Balaban J connectivity index is 2.99. The lowest BCUT2D eigenvalue weighted by Crippen LogP contribution is -2.58. The van der Waals surface area contributed by atoms with Gasteiger partial charge in [-0.2, -0.15) is 0 Å². The summed E-state index contributed by atoms with van der Waals surface area (Å²) in [5, 5.41) is 30.5. The van der Waals surface area contributed by atoms with E-state index >= 15 is 0 Å². The molecule has 0 radical (unpaired) electrons. The summed E-state index contributed by atoms with van der Waals surface area (Å²) in [5.41, 5.74) is 0. The Bertz CT molecular complexity index is 403. The first-order valence-corrected chi connectivity index (χ1v) is 7.98. The topological polar surface area (TPSA) is 131 Å². The Morgan fingerprint density at radius 3 is 1.88 bits per heavy atom. The summed E-state index contributed by atoms with van der Waals surface area (Å²) in [6, 6.07) is 0. The van der Waals surface area contributed by atoms with E-state index in [4.69, 9.17) is 20.2 Å². The number of aliphatic carboxylic acids is 3. The van der Waals surface area contributed by atoms with Crippen molar-refractivity contribution in [2.24, 2.45) is 0 Å². The van der Waals surface area contributed by atoms with Gasteiger partial charge in [-0.05, 0) is 12.8 Å². The lowest BCUT2D eigenvalue weighted by atomic mass is 10.1. The summed E-state index contributed by atoms with van der Waals surface area (Å²) >= 11 is 0. The molecule has 0 aromatic heterocycles. The minimum absolute atomic E-state index is 0.240. The number of nitrogens with zero attached hydrogens (tertiary/aromatic N) is 3. The molecule has 1 heterocycles. The molecule has 0 aromatic rings. The van der Waals surface area contributed by atoms with Gasteiger partial charge >= 0.3 is 17.9 Å². The highest BCUT2D eigenvalue weighted by molar-refractivity contribution is 5.71. The summed E-state index contributed by atoms with van der Waals surface area (Å²) in [6.45, 7) is -1.06. The summed E-state index contributed by atoms with van der Waals surface area (Å²) in [5.74, 6) is -3.54. The summed E-state index contributed by atoms with van der Waals surface area (Å²) in [7, 11) is 0. The molecule has 0 bridgehead atoms. The monoisotopic (exact) mass is 347 g/mol. The van der Waals surface area contributed by atoms with Gasteiger partial charge in [0.25, 0.3) is 0 Å². The smallest absolute Gasteiger partial charge is 0.321 e. The second kappa shape index (κ2) is 10.9. The van der Waals surface area contributed by atoms with E-state index in [0.29, 0.717) is 13.0 Å². The molecule has 0 unspecified atom stereocenters. The first-order chi connectivity index (χ1) is 11.4. The van der Waals surface area contributed by atoms with Crippen molar-refractivity contribution < 1.29 is 34.5 Å². The van der Waals surface area contributed by atoms with Gasteiger partial charge in [-0.3, -0.25) is 19.2 Å². The highest BCUT2D eigenvalue weighted by Gasteiger charge is 2.29. The highest BCUT2D eigenvalue weighted by atomic mass is 16.7. The molecule has 1 aliphatic rings. The SMILES string of the molecule is O=C(O)CN1CCCCCCCCON(CC(=O)O)N1CC(=O)O. The zero-order chi connectivity index (χ0) is 17.9. The molecule has 1 rings (SSSR count). The zero-order valence-corrected chi connectivity index (χ0v) is 13.6. The molecule has 0 spiro atoms. The van der Waals surface area contributed by atoms with E-state index < -0.39 is 37.5 Å². The minimum atomic E-state index is -1.21. The molecule has 10 nitrogen and oxygen atoms in total. The number of carboxylic acid groups (broad SMARTS) is 3. The van der Waals surface area contributed by atoms with Gasteiger partial charge in [-0.25, -0.2) is 5.01 Å². The third-order valence-electron chi connectivity index (χ3n) is 3.50. The van der Waals surface area contributed by atoms with E-state index in [0.717, 1.165) is 42.4 Å². The van der Waals surface area contributed by atoms with Crippen molar-refractivity contribution >= 4 is 17.9 Å². The quantitative estimate of drug-likeness (QED) is 0.615. The highest BCUT2D eigenvalue weighted by Crippen LogP contribution is 2.13. The van der Waals surface area contributed by atoms with Crippen LogP contribution in [0, 0.1) is 0 Å². The second-order valence-corrected chi connectivity index (χ2v) is 5.56. The van der Waals surface area contributed by atoms with Crippen LogP contribution >= 0.6 is 0 Å². The molecule has 1 saturated heterocycles. The fourth-order valence-corrected chi connectivity index (χ4v) is 2.46. The summed E-state index contributed by atoms with van der Waals surface area (Å²) in [6.07, 6.45) is 5.29. The Morgan fingerprint density at radius 1 is 0.750 bits per heavy atom. The van der Waals surface area contributed by atoms with Crippen molar-refractivity contribution in [3.05, 3.63) is 0 Å². The van der Waals surface area contributed by atoms with Gasteiger partial charge in [0.2, 0.25) is 0 Å². The Morgan fingerprint density at radius 2 is 1.29 bits per heavy atom. The number of rotatable bonds is 6. The van der Waals surface area contributed by atoms with Gasteiger partial charge in [0.1, 0.15) is 19.6 Å². The van der Waals surface area contributed by atoms with Gasteiger partial charge in [0, 0.05) is 6.54 Å². The lowest BCUT2D eigenvalue weighted by Gasteiger charge is -2.39. The Hall–Kier alpha value is -1.75. The first kappa shape index (κ1) is 20.3. The van der Waals surface area contributed by atoms with Crippen molar-refractivity contribution in [2.75, 3.05) is 32.8 Å². The predicted octanol–water partition coefficient (Wildman–Crippen LogP) is 0.262. The largest absolute Gasteiger partial charge is 0.480 e. The van der Waals surface area contributed by atoms with Crippen LogP contribution in [0.3, 0.4) is 0 Å². The van der Waals surface area contributed by atoms with Crippen LogP contribution < -0.4 is 0 Å². The van der Waals surface area contributed by atoms with Gasteiger partial charge in [0.05, 0.1) is 6.61 Å². The van der Waals surface area contributed by atoms with Gasteiger partial charge < -0.3 is 15.3 Å². The number of carbonyl (C=O) groups is 3. The van der Waals surface area contributed by atoms with Crippen molar-refractivity contribution in [2.45, 2.75) is 38.5 Å². The number of hydroxylamine groups is 1. The van der Waals surface area contributed by atoms with Crippen LogP contribution in [0.15, 0.2) is 0 Å². The fourth-order valence-electron chi connectivity index (χ4n) is 2.46. The molecule has 1 aliphatic heterocycles. The van der Waals surface area contributed by atoms with Crippen LogP contribution in [0.1, 0.15) is 38.5 Å². The maximum atomic E-state index is 11.2. The molecule has 0 amide bonds. The molecular weight excluding hydrogens is 322 g/mol. The van der Waals surface area contributed by atoms with Crippen LogP contribution in [0.2, 0.25) is 0 Å². The summed E-state index contributed by atoms with van der Waals surface area (Å²) in [4.78, 5) is 38.8. The van der Waals surface area contributed by atoms with Gasteiger partial charge in [0.15, 0.2) is 0 Å². The number of hydrogen-bond donors (Lipinski definition) is 3. The molecular formula is C14H25N3O7. The molecule has 138 valence electrons. The maximum Gasteiger partial charge on any atom is 0.321 e. The molecule has 0 aliphatic carbocycles. The molecule has 0 saturated carbocycles. The van der Waals surface area contributed by atoms with Crippen molar-refractivity contribution in [1.82, 2.24) is 15.3 Å². The molecule has 10 heteroatoms. The van der Waals surface area contributed by atoms with Crippen LogP contribution in [0.5, 0.6) is 0 Å². The first-order valence-electron chi connectivity index (χ1n) is 7.98. The van der Waals surface area contributed by atoms with Crippen molar-refractivity contribution in [3.8, 4) is 0 Å². The third-order valence-corrected chi connectivity index (χ3v) is 3.50. The second-order valence-electron chi connectivity index (χ2n) is 5.56. The fraction of sp³-hybridized carbons (Fsp3) is 0.786. The average Bonchev–Trinajstić information content (AvgIpc) is 2.46. The van der Waals surface area contributed by atoms with Crippen LogP contribution in [-0.2, 0) is 19.2 Å². The molecule has 1 fully saturated rings. The van der Waals surface area contributed by atoms with Crippen LogP contribution in [0.4, 0.5) is 0 Å². The standard InChI is InChI=1S/C14H25N3O7/c18-12(19)9-15-7-5-3-1-2-4-6-8-24-17(11-14(22)23)16(15)10-13(20)21/h1-11H2,(H,18,19)(H,20,21)(H,22,23). The number of carboxylic acids is 3. The van der Waals surface area contributed by atoms with Gasteiger partial charge in [-0.15, -0.1) is 5.12 Å². The average molecular weight is 347 g/mol. The van der Waals surface area contributed by atoms with Crippen LogP contribution in [0.25, 0.3) is 0 Å². The van der Waals surface area contributed by atoms with Crippen molar-refractivity contribution in [1.29, 1.82) is 0 Å². The van der Waals surface area contributed by atoms with E-state index in [-0.39, 0.29) is 6.61 Å². The zero-order valence-electron chi connectivity index (χ0n) is 13.6. The Labute approximate surface area is 140 Å². The molecule has 24 heavy (non-hydrogen) atoms. The van der Waals surface area contributed by atoms with E-state index in [1.165, 1.54) is 5.01 Å². The van der Waals surface area contributed by atoms with E-state index in [2.05, 4.69) is 0 Å². The van der Waals surface area contributed by atoms with E-state index in [1.54, 1.807) is 0 Å². The van der Waals surface area contributed by atoms with E-state index in [1.807, 2.05) is 0 Å². The minimum Gasteiger partial charge on any atom is -0.480 e. The van der Waals surface area contributed by atoms with Crippen molar-refractivity contribution in [3.63, 3.8) is 0 Å².